The fraction of sp³-hybridized carbons (Fsp3) is 0.333. The number of anilines is 1. The summed E-state index contributed by atoms with van der Waals surface area (Å²) in [5.41, 5.74) is 4.72. The average Bonchev–Trinajstić information content (AvgIpc) is 2.55. The minimum absolute atomic E-state index is 0.0225. The monoisotopic (exact) mass is 290 g/mol. The molecule has 0 spiro atoms. The molecule has 21 heavy (non-hydrogen) atoms. The van der Waals surface area contributed by atoms with E-state index in [-0.39, 0.29) is 22.6 Å². The van der Waals surface area contributed by atoms with Crippen LogP contribution in [-0.4, -0.2) is 21.1 Å². The number of nitrogens with zero attached hydrogens (tertiary/aromatic N) is 2. The van der Waals surface area contributed by atoms with Crippen molar-refractivity contribution in [2.45, 2.75) is 32.1 Å². The molecule has 1 aliphatic rings. The van der Waals surface area contributed by atoms with Crippen LogP contribution in [-0.2, 0) is 9.59 Å². The third-order valence-corrected chi connectivity index (χ3v) is 3.33. The van der Waals surface area contributed by atoms with E-state index in [4.69, 9.17) is 12.6 Å². The van der Waals surface area contributed by atoms with Crippen LogP contribution in [0.25, 0.3) is 10.9 Å². The lowest BCUT2D eigenvalue weighted by Crippen LogP contribution is -2.36. The number of hydrogen-bond acceptors (Lipinski definition) is 5. The summed E-state index contributed by atoms with van der Waals surface area (Å²) in [5.74, 6) is -2.06. The molecule has 6 nitrogen and oxygen atoms in total. The molecule has 108 valence electrons. The largest absolute Gasteiger partial charge is 0.398 e. The first kappa shape index (κ1) is 8.71. The van der Waals surface area contributed by atoms with Crippen molar-refractivity contribution in [3.05, 3.63) is 34.4 Å². The van der Waals surface area contributed by atoms with Crippen molar-refractivity contribution < 1.29 is 16.4 Å². The van der Waals surface area contributed by atoms with E-state index >= 15 is 0 Å². The van der Waals surface area contributed by atoms with Gasteiger partial charge in [-0.25, -0.2) is 4.98 Å². The van der Waals surface area contributed by atoms with Crippen molar-refractivity contribution in [3.63, 3.8) is 0 Å². The van der Waals surface area contributed by atoms with Gasteiger partial charge in [0, 0.05) is 16.2 Å². The van der Waals surface area contributed by atoms with E-state index in [1.165, 1.54) is 12.1 Å². The van der Waals surface area contributed by atoms with Crippen LogP contribution >= 0.6 is 0 Å². The molecule has 1 aromatic heterocycles. The Balaban J connectivity index is 2.42. The third kappa shape index (κ3) is 2.12. The Hall–Kier alpha value is -2.50. The first-order valence-electron chi connectivity index (χ1n) is 8.96. The number of carbonyl (C=O) groups is 2. The number of nitrogen functional groups attached to an aromatic ring is 1. The summed E-state index contributed by atoms with van der Waals surface area (Å²) in [6, 6.07) is 0.135. The first-order chi connectivity index (χ1) is 12.1. The van der Waals surface area contributed by atoms with Crippen LogP contribution in [0.3, 0.4) is 0 Å². The van der Waals surface area contributed by atoms with Gasteiger partial charge in [-0.15, -0.1) is 0 Å². The Labute approximate surface area is 127 Å². The third-order valence-electron chi connectivity index (χ3n) is 3.33. The molecule has 1 fully saturated rings. The number of aryl methyl sites for hydroxylation is 1. The number of Topliss-reactive ketones (excluding diaryl/α,β-unsaturated/α-hetero) is 2. The number of aromatic nitrogens is 2. The molecular weight excluding hydrogens is 270 g/mol. The molecule has 0 saturated heterocycles. The Kier molecular flexibility index (Phi) is 1.99. The summed E-state index contributed by atoms with van der Waals surface area (Å²) in [6.07, 6.45) is -2.65. The Bertz CT molecular complexity index is 1010. The summed E-state index contributed by atoms with van der Waals surface area (Å²) >= 11 is 0. The smallest absolute Gasteiger partial charge is 0.264 e. The van der Waals surface area contributed by atoms with Crippen molar-refractivity contribution in [1.29, 1.82) is 0 Å². The molecule has 1 saturated carbocycles. The molecule has 1 heterocycles. The standard InChI is InChI=1S/C15H15N3O3/c1-8-17-11-4-2-3-10(16)14(11)15(21)18(8)12-6-5-9(19)7-13(12)20/h2-4,12H,5-7,16H2,1H3/i1D2,4D,5D,12D. The van der Waals surface area contributed by atoms with Gasteiger partial charge in [0.25, 0.3) is 5.56 Å². The van der Waals surface area contributed by atoms with Gasteiger partial charge in [-0.1, -0.05) is 6.07 Å². The zero-order valence-electron chi connectivity index (χ0n) is 15.9. The average molecular weight is 290 g/mol. The fourth-order valence-electron chi connectivity index (χ4n) is 2.33. The van der Waals surface area contributed by atoms with Gasteiger partial charge < -0.3 is 5.73 Å². The summed E-state index contributed by atoms with van der Waals surface area (Å²) in [7, 11) is 0. The molecule has 0 bridgehead atoms. The highest BCUT2D eigenvalue weighted by molar-refractivity contribution is 6.03. The number of benzene rings is 1. The van der Waals surface area contributed by atoms with E-state index in [9.17, 15) is 14.4 Å². The number of fused-ring (bicyclic) bond motifs is 1. The predicted octanol–water partition coefficient (Wildman–Crippen LogP) is 1.15. The first-order valence-corrected chi connectivity index (χ1v) is 6.23. The summed E-state index contributed by atoms with van der Waals surface area (Å²) < 4.78 is 40.1. The SMILES string of the molecule is [2H]c1ccc(N)c2c(=O)n(C3([2H])CC([2H])C(=O)CC3=O)c(C([2H])[2H])nc12. The van der Waals surface area contributed by atoms with E-state index < -0.39 is 55.1 Å². The lowest BCUT2D eigenvalue weighted by atomic mass is 9.92. The van der Waals surface area contributed by atoms with Gasteiger partial charge >= 0.3 is 0 Å². The Morgan fingerprint density at radius 1 is 1.57 bits per heavy atom. The number of nitrogens with two attached hydrogens (primary N) is 1. The minimum atomic E-state index is -2.33. The zero-order chi connectivity index (χ0) is 19.4. The van der Waals surface area contributed by atoms with Crippen molar-refractivity contribution in [3.8, 4) is 0 Å². The summed E-state index contributed by atoms with van der Waals surface area (Å²) in [6.45, 7) is -1.83. The maximum atomic E-state index is 13.0. The Morgan fingerprint density at radius 3 is 3.14 bits per heavy atom. The maximum absolute atomic E-state index is 13.0. The molecule has 1 aliphatic carbocycles. The molecule has 2 aromatic rings. The van der Waals surface area contributed by atoms with E-state index in [0.717, 1.165) is 0 Å². The molecular formula is C15H15N3O3. The van der Waals surface area contributed by atoms with Crippen LogP contribution in [0.4, 0.5) is 5.69 Å². The van der Waals surface area contributed by atoms with Crippen molar-refractivity contribution in [2.75, 3.05) is 5.73 Å². The van der Waals surface area contributed by atoms with Gasteiger partial charge in [-0.3, -0.25) is 19.0 Å². The second-order valence-corrected chi connectivity index (χ2v) is 4.69. The van der Waals surface area contributed by atoms with E-state index in [0.29, 0.717) is 4.57 Å². The van der Waals surface area contributed by atoms with Gasteiger partial charge in [0.05, 0.1) is 26.1 Å². The number of rotatable bonds is 1. The second kappa shape index (κ2) is 4.80. The number of carbonyl (C=O) groups excluding carboxylic acids is 2. The minimum Gasteiger partial charge on any atom is -0.398 e. The predicted molar refractivity (Wildman–Crippen MR) is 78.1 cm³/mol. The number of ketones is 2. The molecule has 0 aliphatic heterocycles. The van der Waals surface area contributed by atoms with Gasteiger partial charge in [-0.05, 0) is 25.4 Å². The molecule has 2 atom stereocenters. The molecule has 3 rings (SSSR count). The van der Waals surface area contributed by atoms with Crippen LogP contribution in [0.15, 0.2) is 23.0 Å². The topological polar surface area (TPSA) is 95.0 Å². The normalized spacial score (nSPS) is 29.8. The molecule has 0 amide bonds. The fourth-order valence-corrected chi connectivity index (χ4v) is 2.33. The maximum Gasteiger partial charge on any atom is 0.264 e. The highest BCUT2D eigenvalue weighted by Crippen LogP contribution is 2.24. The zero-order valence-corrected chi connectivity index (χ0v) is 10.9. The molecule has 1 aromatic carbocycles. The van der Waals surface area contributed by atoms with Crippen LogP contribution < -0.4 is 11.3 Å². The van der Waals surface area contributed by atoms with Gasteiger partial charge in [-0.2, -0.15) is 0 Å². The molecule has 2 unspecified atom stereocenters. The van der Waals surface area contributed by atoms with Crippen LogP contribution in [0.1, 0.15) is 37.9 Å². The number of hydrogen-bond donors (Lipinski definition) is 1. The van der Waals surface area contributed by atoms with Crippen molar-refractivity contribution >= 4 is 28.2 Å². The van der Waals surface area contributed by atoms with Crippen molar-refractivity contribution in [2.24, 2.45) is 0 Å². The van der Waals surface area contributed by atoms with Gasteiger partial charge in [0.15, 0.2) is 5.78 Å². The Morgan fingerprint density at radius 2 is 2.38 bits per heavy atom. The molecule has 0 radical (unpaired) electrons. The van der Waals surface area contributed by atoms with E-state index in [1.807, 2.05) is 0 Å². The lowest BCUT2D eigenvalue weighted by Gasteiger charge is -2.24. The van der Waals surface area contributed by atoms with E-state index in [2.05, 4.69) is 4.98 Å². The molecule has 2 N–H and O–H groups in total. The summed E-state index contributed by atoms with van der Waals surface area (Å²) in [5, 5.41) is -0.195. The quantitative estimate of drug-likeness (QED) is 0.628. The van der Waals surface area contributed by atoms with Gasteiger partial charge in [0.1, 0.15) is 11.6 Å². The highest BCUT2D eigenvalue weighted by Gasteiger charge is 2.30. The summed E-state index contributed by atoms with van der Waals surface area (Å²) in [4.78, 5) is 41.1. The van der Waals surface area contributed by atoms with E-state index in [1.54, 1.807) is 0 Å². The molecule has 6 heteroatoms. The van der Waals surface area contributed by atoms with Crippen LogP contribution in [0.5, 0.6) is 0 Å². The van der Waals surface area contributed by atoms with Gasteiger partial charge in [0.2, 0.25) is 0 Å². The van der Waals surface area contributed by atoms with Crippen LogP contribution in [0.2, 0.25) is 0 Å². The lowest BCUT2D eigenvalue weighted by molar-refractivity contribution is -0.132. The highest BCUT2D eigenvalue weighted by atomic mass is 16.2. The van der Waals surface area contributed by atoms with Crippen LogP contribution in [0, 0.1) is 6.88 Å². The second-order valence-electron chi connectivity index (χ2n) is 4.69. The van der Waals surface area contributed by atoms with Crippen molar-refractivity contribution in [1.82, 2.24) is 9.55 Å².